The number of amides is 1. The van der Waals surface area contributed by atoms with Crippen molar-refractivity contribution in [2.24, 2.45) is 0 Å². The fraction of sp³-hybridized carbons (Fsp3) is 0.211. The highest BCUT2D eigenvalue weighted by molar-refractivity contribution is 5.96. The van der Waals surface area contributed by atoms with Gasteiger partial charge in [-0.3, -0.25) is 4.79 Å². The van der Waals surface area contributed by atoms with Crippen molar-refractivity contribution in [2.45, 2.75) is 12.6 Å². The number of carbonyl (C=O) groups excluding carboxylic acids is 1. The summed E-state index contributed by atoms with van der Waals surface area (Å²) >= 11 is 0. The Morgan fingerprint density at radius 1 is 1.18 bits per heavy atom. The third-order valence-corrected chi connectivity index (χ3v) is 4.29. The van der Waals surface area contributed by atoms with Crippen LogP contribution in [0.3, 0.4) is 0 Å². The number of alkyl halides is 3. The maximum absolute atomic E-state index is 12.9. The number of nitrogens with one attached hydrogen (secondary N) is 1. The third-order valence-electron chi connectivity index (χ3n) is 4.29. The SMILES string of the molecule is O=C1NCCOc2c1cnn2-c1cc(Cc2cccc(C(F)(F)F)c2)ccn1. The quantitative estimate of drug-likeness (QED) is 0.749. The summed E-state index contributed by atoms with van der Waals surface area (Å²) in [5, 5.41) is 6.87. The average molecular weight is 388 g/mol. The number of nitrogens with zero attached hydrogens (tertiary/aromatic N) is 3. The number of ether oxygens (including phenoxy) is 1. The summed E-state index contributed by atoms with van der Waals surface area (Å²) in [6.07, 6.45) is -1.14. The van der Waals surface area contributed by atoms with Gasteiger partial charge in [0, 0.05) is 6.20 Å². The van der Waals surface area contributed by atoms with Gasteiger partial charge in [0.1, 0.15) is 12.2 Å². The van der Waals surface area contributed by atoms with E-state index in [0.717, 1.165) is 17.7 Å². The van der Waals surface area contributed by atoms with Gasteiger partial charge in [-0.1, -0.05) is 18.2 Å². The number of halogens is 3. The standard InChI is InChI=1S/C19H15F3N4O2/c20-19(21,22)14-3-1-2-12(9-14)8-13-4-5-23-16(10-13)26-18-15(11-25-26)17(27)24-6-7-28-18/h1-5,9-11H,6-8H2,(H,24,27). The van der Waals surface area contributed by atoms with Crippen molar-refractivity contribution in [3.8, 4) is 11.7 Å². The molecule has 0 saturated carbocycles. The van der Waals surface area contributed by atoms with Crippen molar-refractivity contribution in [2.75, 3.05) is 13.2 Å². The van der Waals surface area contributed by atoms with Crippen LogP contribution in [0.5, 0.6) is 5.88 Å². The van der Waals surface area contributed by atoms with E-state index in [1.54, 1.807) is 24.4 Å². The summed E-state index contributed by atoms with van der Waals surface area (Å²) in [6.45, 7) is 0.685. The summed E-state index contributed by atoms with van der Waals surface area (Å²) < 4.78 is 45.8. The van der Waals surface area contributed by atoms with Gasteiger partial charge in [-0.05, 0) is 35.7 Å². The van der Waals surface area contributed by atoms with E-state index in [1.165, 1.54) is 16.9 Å². The van der Waals surface area contributed by atoms with Gasteiger partial charge in [0.05, 0.1) is 18.3 Å². The number of rotatable bonds is 3. The average Bonchev–Trinajstić information content (AvgIpc) is 3.00. The van der Waals surface area contributed by atoms with E-state index in [2.05, 4.69) is 15.4 Å². The Morgan fingerprint density at radius 2 is 2.00 bits per heavy atom. The second kappa shape index (κ2) is 6.99. The maximum atomic E-state index is 12.9. The molecule has 1 aliphatic heterocycles. The number of hydrogen-bond acceptors (Lipinski definition) is 4. The molecule has 4 rings (SSSR count). The zero-order valence-corrected chi connectivity index (χ0v) is 14.5. The summed E-state index contributed by atoms with van der Waals surface area (Å²) in [5.74, 6) is 0.429. The second-order valence-corrected chi connectivity index (χ2v) is 6.28. The van der Waals surface area contributed by atoms with Gasteiger partial charge in [-0.25, -0.2) is 4.98 Å². The van der Waals surface area contributed by atoms with Gasteiger partial charge in [0.15, 0.2) is 5.82 Å². The molecular weight excluding hydrogens is 373 g/mol. The summed E-state index contributed by atoms with van der Waals surface area (Å²) in [7, 11) is 0. The maximum Gasteiger partial charge on any atom is 0.416 e. The molecule has 0 aliphatic carbocycles. The molecule has 0 radical (unpaired) electrons. The molecule has 0 saturated heterocycles. The first-order chi connectivity index (χ1) is 13.4. The Hall–Kier alpha value is -3.36. The number of fused-ring (bicyclic) bond motifs is 1. The lowest BCUT2D eigenvalue weighted by molar-refractivity contribution is -0.137. The molecule has 0 atom stereocenters. The van der Waals surface area contributed by atoms with Gasteiger partial charge < -0.3 is 10.1 Å². The molecule has 1 aromatic carbocycles. The molecule has 0 unspecified atom stereocenters. The van der Waals surface area contributed by atoms with Gasteiger partial charge in [-0.15, -0.1) is 0 Å². The van der Waals surface area contributed by atoms with E-state index in [9.17, 15) is 18.0 Å². The molecule has 0 spiro atoms. The van der Waals surface area contributed by atoms with E-state index in [4.69, 9.17) is 4.74 Å². The minimum absolute atomic E-state index is 0.279. The van der Waals surface area contributed by atoms with E-state index in [0.29, 0.717) is 42.4 Å². The lowest BCUT2D eigenvalue weighted by Gasteiger charge is -2.10. The molecule has 2 aromatic heterocycles. The first-order valence-corrected chi connectivity index (χ1v) is 8.52. The summed E-state index contributed by atoms with van der Waals surface area (Å²) in [5.41, 5.74) is 0.909. The fourth-order valence-electron chi connectivity index (χ4n) is 2.98. The van der Waals surface area contributed by atoms with Crippen molar-refractivity contribution < 1.29 is 22.7 Å². The van der Waals surface area contributed by atoms with Crippen molar-refractivity contribution >= 4 is 5.91 Å². The van der Waals surface area contributed by atoms with E-state index in [1.807, 2.05) is 0 Å². The van der Waals surface area contributed by atoms with Crippen molar-refractivity contribution in [3.05, 3.63) is 71.0 Å². The normalized spacial score (nSPS) is 14.0. The van der Waals surface area contributed by atoms with Crippen LogP contribution >= 0.6 is 0 Å². The second-order valence-electron chi connectivity index (χ2n) is 6.28. The van der Waals surface area contributed by atoms with Gasteiger partial charge >= 0.3 is 6.18 Å². The van der Waals surface area contributed by atoms with Gasteiger partial charge in [-0.2, -0.15) is 23.0 Å². The van der Waals surface area contributed by atoms with Gasteiger partial charge in [0.25, 0.3) is 5.91 Å². The summed E-state index contributed by atoms with van der Waals surface area (Å²) in [4.78, 5) is 16.3. The van der Waals surface area contributed by atoms with E-state index >= 15 is 0 Å². The van der Waals surface area contributed by atoms with Crippen LogP contribution < -0.4 is 10.1 Å². The molecule has 1 aliphatic rings. The van der Waals surface area contributed by atoms with Crippen LogP contribution in [0.4, 0.5) is 13.2 Å². The number of benzene rings is 1. The lowest BCUT2D eigenvalue weighted by Crippen LogP contribution is -2.24. The molecular formula is C19H15F3N4O2. The molecule has 0 fully saturated rings. The zero-order valence-electron chi connectivity index (χ0n) is 14.5. The lowest BCUT2D eigenvalue weighted by atomic mass is 10.0. The van der Waals surface area contributed by atoms with Crippen LogP contribution in [-0.2, 0) is 12.6 Å². The molecule has 1 amide bonds. The fourth-order valence-corrected chi connectivity index (χ4v) is 2.98. The molecule has 28 heavy (non-hydrogen) atoms. The molecule has 144 valence electrons. The molecule has 6 nitrogen and oxygen atoms in total. The predicted octanol–water partition coefficient (Wildman–Crippen LogP) is 3.00. The van der Waals surface area contributed by atoms with Crippen LogP contribution in [0, 0.1) is 0 Å². The van der Waals surface area contributed by atoms with Crippen LogP contribution in [0.15, 0.2) is 48.8 Å². The largest absolute Gasteiger partial charge is 0.475 e. The predicted molar refractivity (Wildman–Crippen MR) is 93.4 cm³/mol. The van der Waals surface area contributed by atoms with Crippen LogP contribution in [0.2, 0.25) is 0 Å². The van der Waals surface area contributed by atoms with Gasteiger partial charge in [0.2, 0.25) is 5.88 Å². The Balaban J connectivity index is 1.64. The van der Waals surface area contributed by atoms with Crippen molar-refractivity contribution in [3.63, 3.8) is 0 Å². The highest BCUT2D eigenvalue weighted by atomic mass is 19.4. The van der Waals surface area contributed by atoms with Crippen LogP contribution in [-0.4, -0.2) is 33.8 Å². The number of pyridine rings is 1. The van der Waals surface area contributed by atoms with Crippen LogP contribution in [0.25, 0.3) is 5.82 Å². The monoisotopic (exact) mass is 388 g/mol. The zero-order chi connectivity index (χ0) is 19.7. The van der Waals surface area contributed by atoms with E-state index < -0.39 is 11.7 Å². The molecule has 3 aromatic rings. The smallest absolute Gasteiger partial charge is 0.416 e. The number of hydrogen-bond donors (Lipinski definition) is 1. The Labute approximate surface area is 158 Å². The minimum Gasteiger partial charge on any atom is -0.475 e. The van der Waals surface area contributed by atoms with Crippen molar-refractivity contribution in [1.29, 1.82) is 0 Å². The molecule has 3 heterocycles. The Bertz CT molecular complexity index is 1030. The minimum atomic E-state index is -4.38. The first kappa shape index (κ1) is 18.0. The van der Waals surface area contributed by atoms with Crippen molar-refractivity contribution in [1.82, 2.24) is 20.1 Å². The Kier molecular flexibility index (Phi) is 4.50. The highest BCUT2D eigenvalue weighted by Gasteiger charge is 2.30. The number of aromatic nitrogens is 3. The molecule has 9 heteroatoms. The molecule has 1 N–H and O–H groups in total. The topological polar surface area (TPSA) is 69.0 Å². The van der Waals surface area contributed by atoms with Crippen LogP contribution in [0.1, 0.15) is 27.0 Å². The number of carbonyl (C=O) groups is 1. The van der Waals surface area contributed by atoms with E-state index in [-0.39, 0.29) is 5.91 Å². The molecule has 0 bridgehead atoms. The first-order valence-electron chi connectivity index (χ1n) is 8.52. The third kappa shape index (κ3) is 3.55. The Morgan fingerprint density at radius 3 is 2.82 bits per heavy atom. The highest BCUT2D eigenvalue weighted by Crippen LogP contribution is 2.30. The summed E-state index contributed by atoms with van der Waals surface area (Å²) in [6, 6.07) is 8.64.